The van der Waals surface area contributed by atoms with E-state index in [9.17, 15) is 9.59 Å². The minimum absolute atomic E-state index is 0.0341. The van der Waals surface area contributed by atoms with Crippen LogP contribution in [0.15, 0.2) is 10.1 Å². The van der Waals surface area contributed by atoms with E-state index in [4.69, 9.17) is 22.4 Å². The van der Waals surface area contributed by atoms with E-state index < -0.39 is 12.0 Å². The molecule has 0 saturated carbocycles. The number of fused-ring (bicyclic) bond motifs is 1. The number of aliphatic carboxylic acids is 1. The van der Waals surface area contributed by atoms with Crippen LogP contribution in [0.25, 0.3) is 0 Å². The molecule has 76 valence electrons. The quantitative estimate of drug-likeness (QED) is 0.630. The number of halogens is 1. The van der Waals surface area contributed by atoms with E-state index in [1.807, 2.05) is 0 Å². The number of carbonyl (C=O) groups is 2. The fraction of sp³-hybridized carbons (Fsp3) is 0.429. The van der Waals surface area contributed by atoms with Crippen molar-refractivity contribution in [2.45, 2.75) is 17.8 Å². The maximum Gasteiger partial charge on any atom is 0.332 e. The predicted molar refractivity (Wildman–Crippen MR) is 51.3 cm³/mol. The first-order chi connectivity index (χ1) is 6.52. The van der Waals surface area contributed by atoms with E-state index in [0.29, 0.717) is 11.4 Å². The van der Waals surface area contributed by atoms with Crippen molar-refractivity contribution in [1.29, 1.82) is 0 Å². The van der Waals surface area contributed by atoms with Crippen molar-refractivity contribution < 1.29 is 14.7 Å². The van der Waals surface area contributed by atoms with Crippen LogP contribution in [0.5, 0.6) is 0 Å². The second-order valence-electron chi connectivity index (χ2n) is 3.03. The van der Waals surface area contributed by atoms with Crippen molar-refractivity contribution in [3.63, 3.8) is 0 Å². The highest BCUT2D eigenvalue weighted by atomic mass is 35.5. The molecule has 0 aliphatic carbocycles. The Hall–Kier alpha value is -0.880. The first-order valence-corrected chi connectivity index (χ1v) is 5.14. The lowest BCUT2D eigenvalue weighted by molar-refractivity contribution is -0.155. The van der Waals surface area contributed by atoms with Crippen LogP contribution < -0.4 is 5.73 Å². The standard InChI is InChI=1S/C7H7ClN2O3S/c8-4-5(7(12)13)10-2(11)1-3(10)14-6(4)9/h3,5H,1,9H2,(H,12,13)/t3-,5?/m1/s1. The largest absolute Gasteiger partial charge is 0.479 e. The van der Waals surface area contributed by atoms with Gasteiger partial charge in [-0.15, -0.1) is 0 Å². The van der Waals surface area contributed by atoms with Gasteiger partial charge < -0.3 is 15.7 Å². The summed E-state index contributed by atoms with van der Waals surface area (Å²) in [6.07, 6.45) is 0.333. The summed E-state index contributed by atoms with van der Waals surface area (Å²) in [7, 11) is 0. The van der Waals surface area contributed by atoms with E-state index in [1.165, 1.54) is 16.7 Å². The second-order valence-corrected chi connectivity index (χ2v) is 4.66. The molecule has 0 radical (unpaired) electrons. The van der Waals surface area contributed by atoms with Gasteiger partial charge in [0, 0.05) is 0 Å². The van der Waals surface area contributed by atoms with Crippen molar-refractivity contribution in [2.24, 2.45) is 5.73 Å². The molecule has 0 aromatic carbocycles. The van der Waals surface area contributed by atoms with Gasteiger partial charge in [-0.05, 0) is 0 Å². The smallest absolute Gasteiger partial charge is 0.332 e. The summed E-state index contributed by atoms with van der Waals surface area (Å²) in [6, 6.07) is -1.09. The van der Waals surface area contributed by atoms with Crippen molar-refractivity contribution in [2.75, 3.05) is 0 Å². The topological polar surface area (TPSA) is 83.6 Å². The molecule has 0 bridgehead atoms. The number of thioether (sulfide) groups is 1. The number of carboxylic acids is 1. The van der Waals surface area contributed by atoms with E-state index >= 15 is 0 Å². The highest BCUT2D eigenvalue weighted by Gasteiger charge is 2.49. The molecule has 14 heavy (non-hydrogen) atoms. The van der Waals surface area contributed by atoms with Crippen LogP contribution in [-0.2, 0) is 9.59 Å². The number of carbonyl (C=O) groups excluding carboxylic acids is 1. The van der Waals surface area contributed by atoms with Gasteiger partial charge in [-0.1, -0.05) is 23.4 Å². The van der Waals surface area contributed by atoms with Gasteiger partial charge in [0.1, 0.15) is 0 Å². The van der Waals surface area contributed by atoms with Crippen LogP contribution in [0.2, 0.25) is 0 Å². The highest BCUT2D eigenvalue weighted by molar-refractivity contribution is 8.03. The Kier molecular flexibility index (Phi) is 2.11. The van der Waals surface area contributed by atoms with E-state index in [0.717, 1.165) is 0 Å². The molecular weight excluding hydrogens is 228 g/mol. The van der Waals surface area contributed by atoms with Crippen molar-refractivity contribution in [3.05, 3.63) is 10.1 Å². The average Bonchev–Trinajstić information content (AvgIpc) is 2.09. The normalized spacial score (nSPS) is 31.2. The van der Waals surface area contributed by atoms with Gasteiger partial charge in [0.2, 0.25) is 5.91 Å². The van der Waals surface area contributed by atoms with E-state index in [2.05, 4.69) is 0 Å². The molecule has 0 aromatic heterocycles. The Morgan fingerprint density at radius 3 is 2.86 bits per heavy atom. The zero-order valence-corrected chi connectivity index (χ0v) is 8.51. The van der Waals surface area contributed by atoms with Gasteiger partial charge in [-0.25, -0.2) is 4.79 Å². The third-order valence-electron chi connectivity index (χ3n) is 2.20. The number of rotatable bonds is 1. The fourth-order valence-electron chi connectivity index (χ4n) is 1.50. The molecule has 7 heteroatoms. The van der Waals surface area contributed by atoms with Crippen LogP contribution in [0.3, 0.4) is 0 Å². The number of amides is 1. The lowest BCUT2D eigenvalue weighted by atomic mass is 10.1. The Labute approximate surface area is 88.9 Å². The maximum absolute atomic E-state index is 11.2. The minimum Gasteiger partial charge on any atom is -0.479 e. The van der Waals surface area contributed by atoms with Crippen LogP contribution >= 0.6 is 23.4 Å². The molecule has 2 aliphatic rings. The Morgan fingerprint density at radius 1 is 1.71 bits per heavy atom. The summed E-state index contributed by atoms with van der Waals surface area (Å²) in [5, 5.41) is 9.06. The van der Waals surface area contributed by atoms with E-state index in [1.54, 1.807) is 0 Å². The molecule has 2 heterocycles. The molecule has 0 aromatic rings. The van der Waals surface area contributed by atoms with Gasteiger partial charge in [0.25, 0.3) is 0 Å². The number of hydrogen-bond donors (Lipinski definition) is 2. The summed E-state index contributed by atoms with van der Waals surface area (Å²) >= 11 is 6.98. The molecule has 1 saturated heterocycles. The summed E-state index contributed by atoms with van der Waals surface area (Å²) in [5.41, 5.74) is 5.55. The van der Waals surface area contributed by atoms with Crippen molar-refractivity contribution in [1.82, 2.24) is 4.90 Å². The molecule has 5 nitrogen and oxygen atoms in total. The zero-order chi connectivity index (χ0) is 10.5. The second kappa shape index (κ2) is 3.06. The number of nitrogens with two attached hydrogens (primary N) is 1. The van der Waals surface area contributed by atoms with Gasteiger partial charge in [0.05, 0.1) is 21.9 Å². The molecule has 3 N–H and O–H groups in total. The van der Waals surface area contributed by atoms with Crippen molar-refractivity contribution in [3.8, 4) is 0 Å². The molecule has 1 unspecified atom stereocenters. The van der Waals surface area contributed by atoms with Crippen molar-refractivity contribution >= 4 is 35.2 Å². The lowest BCUT2D eigenvalue weighted by Gasteiger charge is -2.46. The lowest BCUT2D eigenvalue weighted by Crippen LogP contribution is -2.60. The molecule has 2 rings (SSSR count). The Morgan fingerprint density at radius 2 is 2.36 bits per heavy atom. The summed E-state index contributed by atoms with van der Waals surface area (Å²) < 4.78 is 0. The Balaban J connectivity index is 2.37. The zero-order valence-electron chi connectivity index (χ0n) is 6.94. The van der Waals surface area contributed by atoms with Gasteiger partial charge in [0.15, 0.2) is 6.04 Å². The van der Waals surface area contributed by atoms with E-state index in [-0.39, 0.29) is 16.3 Å². The summed E-state index contributed by atoms with van der Waals surface area (Å²) in [4.78, 5) is 23.3. The minimum atomic E-state index is -1.14. The Bertz CT molecular complexity index is 357. The van der Waals surface area contributed by atoms with Gasteiger partial charge >= 0.3 is 5.97 Å². The van der Waals surface area contributed by atoms with Gasteiger partial charge in [-0.2, -0.15) is 0 Å². The summed E-state index contributed by atoms with van der Waals surface area (Å²) in [5.74, 6) is -1.34. The average molecular weight is 235 g/mol. The molecule has 1 fully saturated rings. The number of nitrogens with zero attached hydrogens (tertiary/aromatic N) is 1. The van der Waals surface area contributed by atoms with Crippen LogP contribution in [-0.4, -0.2) is 33.3 Å². The third kappa shape index (κ3) is 1.18. The summed E-state index contributed by atoms with van der Waals surface area (Å²) in [6.45, 7) is 0. The van der Waals surface area contributed by atoms with Crippen LogP contribution in [0.1, 0.15) is 6.42 Å². The molecule has 1 amide bonds. The molecular formula is C7H7ClN2O3S. The predicted octanol–water partition coefficient (Wildman–Crippen LogP) is 0.111. The third-order valence-corrected chi connectivity index (χ3v) is 3.86. The van der Waals surface area contributed by atoms with Gasteiger partial charge in [-0.3, -0.25) is 4.79 Å². The number of hydrogen-bond acceptors (Lipinski definition) is 4. The van der Waals surface area contributed by atoms with Crippen LogP contribution in [0, 0.1) is 0 Å². The maximum atomic E-state index is 11.2. The number of carboxylic acid groups (broad SMARTS) is 1. The highest BCUT2D eigenvalue weighted by Crippen LogP contribution is 2.43. The van der Waals surface area contributed by atoms with Crippen LogP contribution in [0.4, 0.5) is 0 Å². The molecule has 0 spiro atoms. The monoisotopic (exact) mass is 234 g/mol. The SMILES string of the molecule is NC1=C(Cl)C(C(=O)O)N2C(=O)C[C@H]2S1. The first kappa shape index (κ1) is 9.67. The number of β-lactam (4-membered cyclic amide) rings is 1. The molecule has 2 atom stereocenters. The first-order valence-electron chi connectivity index (χ1n) is 3.88. The molecule has 2 aliphatic heterocycles. The fourth-order valence-corrected chi connectivity index (χ4v) is 2.93.